The Labute approximate surface area is 160 Å². The number of ether oxygens (including phenoxy) is 2. The molecule has 0 aliphatic rings. The minimum absolute atomic E-state index is 0.250. The zero-order valence-electron chi connectivity index (χ0n) is 17.1. The molecule has 0 bridgehead atoms. The SMILES string of the molecule is CCCCC=CCCCCCCCCCc1cc(OC)cc(OC)c1O. The molecular formula is C23H38O3. The molecule has 1 aromatic carbocycles. The van der Waals surface area contributed by atoms with E-state index >= 15 is 0 Å². The van der Waals surface area contributed by atoms with E-state index in [1.54, 1.807) is 20.3 Å². The number of hydrogen-bond donors (Lipinski definition) is 1. The molecule has 148 valence electrons. The number of aromatic hydroxyl groups is 1. The lowest BCUT2D eigenvalue weighted by Crippen LogP contribution is -1.94. The molecule has 1 N–H and O–H groups in total. The van der Waals surface area contributed by atoms with Crippen LogP contribution in [0.2, 0.25) is 0 Å². The summed E-state index contributed by atoms with van der Waals surface area (Å²) in [6.45, 7) is 2.24. The third-order valence-corrected chi connectivity index (χ3v) is 4.79. The van der Waals surface area contributed by atoms with Gasteiger partial charge in [-0.2, -0.15) is 0 Å². The summed E-state index contributed by atoms with van der Waals surface area (Å²) in [6.07, 6.45) is 19.5. The molecule has 0 aromatic heterocycles. The van der Waals surface area contributed by atoms with E-state index in [2.05, 4.69) is 19.1 Å². The molecule has 0 aliphatic heterocycles. The Morgan fingerprint density at radius 1 is 0.808 bits per heavy atom. The summed E-state index contributed by atoms with van der Waals surface area (Å²) in [6, 6.07) is 3.63. The van der Waals surface area contributed by atoms with E-state index in [0.29, 0.717) is 5.75 Å². The number of rotatable bonds is 15. The van der Waals surface area contributed by atoms with Crippen molar-refractivity contribution in [1.29, 1.82) is 0 Å². The molecule has 0 unspecified atom stereocenters. The molecular weight excluding hydrogens is 324 g/mol. The van der Waals surface area contributed by atoms with Crippen LogP contribution in [0.4, 0.5) is 0 Å². The lowest BCUT2D eigenvalue weighted by atomic mass is 10.0. The van der Waals surface area contributed by atoms with E-state index in [-0.39, 0.29) is 5.75 Å². The second-order valence-electron chi connectivity index (χ2n) is 6.96. The summed E-state index contributed by atoms with van der Waals surface area (Å²) < 4.78 is 10.5. The van der Waals surface area contributed by atoms with Gasteiger partial charge in [0.05, 0.1) is 14.2 Å². The Bertz CT molecular complexity index is 508. The second kappa shape index (κ2) is 14.5. The van der Waals surface area contributed by atoms with Crippen molar-refractivity contribution in [3.8, 4) is 17.2 Å². The van der Waals surface area contributed by atoms with Crippen LogP contribution in [-0.2, 0) is 6.42 Å². The van der Waals surface area contributed by atoms with E-state index < -0.39 is 0 Å². The van der Waals surface area contributed by atoms with Gasteiger partial charge in [0.25, 0.3) is 0 Å². The van der Waals surface area contributed by atoms with Crippen molar-refractivity contribution >= 4 is 0 Å². The highest BCUT2D eigenvalue weighted by Crippen LogP contribution is 2.35. The molecule has 0 spiro atoms. The maximum Gasteiger partial charge on any atom is 0.164 e. The third-order valence-electron chi connectivity index (χ3n) is 4.79. The Balaban J connectivity index is 2.10. The lowest BCUT2D eigenvalue weighted by molar-refractivity contribution is 0.360. The highest BCUT2D eigenvalue weighted by atomic mass is 16.5. The number of unbranched alkanes of at least 4 members (excludes halogenated alkanes) is 9. The molecule has 3 heteroatoms. The van der Waals surface area contributed by atoms with Gasteiger partial charge in [0.1, 0.15) is 5.75 Å². The van der Waals surface area contributed by atoms with Crippen LogP contribution in [0.25, 0.3) is 0 Å². The Kier molecular flexibility index (Phi) is 12.5. The summed E-state index contributed by atoms with van der Waals surface area (Å²) in [5.74, 6) is 1.47. The summed E-state index contributed by atoms with van der Waals surface area (Å²) in [5.41, 5.74) is 0.913. The van der Waals surface area contributed by atoms with Crippen molar-refractivity contribution in [2.24, 2.45) is 0 Å². The van der Waals surface area contributed by atoms with Crippen LogP contribution in [0.5, 0.6) is 17.2 Å². The maximum absolute atomic E-state index is 10.2. The summed E-state index contributed by atoms with van der Waals surface area (Å²) in [4.78, 5) is 0. The molecule has 0 saturated heterocycles. The zero-order chi connectivity index (χ0) is 19.0. The standard InChI is InChI=1S/C23H38O3/c1-4-5-6-7-8-9-10-11-12-13-14-15-16-17-20-18-21(25-2)19-22(26-3)23(20)24/h7-8,18-19,24H,4-6,9-17H2,1-3H3. The van der Waals surface area contributed by atoms with Crippen molar-refractivity contribution in [2.75, 3.05) is 14.2 Å². The summed E-state index contributed by atoms with van der Waals surface area (Å²) in [5, 5.41) is 10.2. The van der Waals surface area contributed by atoms with Crippen LogP contribution in [0.1, 0.15) is 83.1 Å². The highest BCUT2D eigenvalue weighted by Gasteiger charge is 2.10. The molecule has 26 heavy (non-hydrogen) atoms. The lowest BCUT2D eigenvalue weighted by Gasteiger charge is -2.11. The van der Waals surface area contributed by atoms with Crippen molar-refractivity contribution in [1.82, 2.24) is 0 Å². The van der Waals surface area contributed by atoms with E-state index in [1.165, 1.54) is 64.2 Å². The van der Waals surface area contributed by atoms with Crippen molar-refractivity contribution in [2.45, 2.75) is 84.0 Å². The normalized spacial score (nSPS) is 11.2. The van der Waals surface area contributed by atoms with Crippen LogP contribution in [0.15, 0.2) is 24.3 Å². The van der Waals surface area contributed by atoms with Gasteiger partial charge in [-0.1, -0.05) is 64.0 Å². The van der Waals surface area contributed by atoms with Crippen molar-refractivity contribution in [3.63, 3.8) is 0 Å². The Morgan fingerprint density at radius 3 is 2.04 bits per heavy atom. The van der Waals surface area contributed by atoms with Crippen LogP contribution in [0, 0.1) is 0 Å². The number of benzene rings is 1. The van der Waals surface area contributed by atoms with Crippen LogP contribution in [-0.4, -0.2) is 19.3 Å². The van der Waals surface area contributed by atoms with E-state index in [9.17, 15) is 5.11 Å². The van der Waals surface area contributed by atoms with Gasteiger partial charge in [-0.15, -0.1) is 0 Å². The zero-order valence-corrected chi connectivity index (χ0v) is 17.1. The number of allylic oxidation sites excluding steroid dienone is 2. The molecule has 0 fully saturated rings. The third kappa shape index (κ3) is 9.17. The minimum Gasteiger partial charge on any atom is -0.504 e. The van der Waals surface area contributed by atoms with Gasteiger partial charge in [0.2, 0.25) is 0 Å². The van der Waals surface area contributed by atoms with Gasteiger partial charge < -0.3 is 14.6 Å². The molecule has 0 saturated carbocycles. The van der Waals surface area contributed by atoms with E-state index in [0.717, 1.165) is 24.2 Å². The topological polar surface area (TPSA) is 38.7 Å². The largest absolute Gasteiger partial charge is 0.504 e. The van der Waals surface area contributed by atoms with Crippen molar-refractivity contribution in [3.05, 3.63) is 29.8 Å². The number of methoxy groups -OCH3 is 2. The van der Waals surface area contributed by atoms with Gasteiger partial charge in [-0.3, -0.25) is 0 Å². The fourth-order valence-electron chi connectivity index (χ4n) is 3.12. The number of phenols is 1. The maximum atomic E-state index is 10.2. The first-order valence-corrected chi connectivity index (χ1v) is 10.3. The minimum atomic E-state index is 0.250. The monoisotopic (exact) mass is 362 g/mol. The first-order chi connectivity index (χ1) is 12.7. The predicted molar refractivity (Wildman–Crippen MR) is 111 cm³/mol. The Hall–Kier alpha value is -1.64. The molecule has 1 rings (SSSR count). The summed E-state index contributed by atoms with van der Waals surface area (Å²) >= 11 is 0. The quantitative estimate of drug-likeness (QED) is 0.275. The number of aryl methyl sites for hydroxylation is 1. The fraction of sp³-hybridized carbons (Fsp3) is 0.652. The number of phenolic OH excluding ortho intramolecular Hbond substituents is 1. The Morgan fingerprint density at radius 2 is 1.42 bits per heavy atom. The van der Waals surface area contributed by atoms with Gasteiger partial charge in [-0.05, 0) is 38.2 Å². The molecule has 0 heterocycles. The molecule has 0 radical (unpaired) electrons. The molecule has 0 aliphatic carbocycles. The van der Waals surface area contributed by atoms with Gasteiger partial charge >= 0.3 is 0 Å². The summed E-state index contributed by atoms with van der Waals surface area (Å²) in [7, 11) is 3.20. The van der Waals surface area contributed by atoms with Crippen LogP contribution < -0.4 is 9.47 Å². The van der Waals surface area contributed by atoms with Crippen molar-refractivity contribution < 1.29 is 14.6 Å². The van der Waals surface area contributed by atoms with Crippen LogP contribution >= 0.6 is 0 Å². The first kappa shape index (κ1) is 22.4. The van der Waals surface area contributed by atoms with E-state index in [4.69, 9.17) is 9.47 Å². The molecule has 0 atom stereocenters. The van der Waals surface area contributed by atoms with Gasteiger partial charge in [-0.25, -0.2) is 0 Å². The van der Waals surface area contributed by atoms with Gasteiger partial charge in [0.15, 0.2) is 11.5 Å². The molecule has 3 nitrogen and oxygen atoms in total. The smallest absolute Gasteiger partial charge is 0.164 e. The first-order valence-electron chi connectivity index (χ1n) is 10.3. The van der Waals surface area contributed by atoms with Gasteiger partial charge in [0, 0.05) is 11.6 Å². The average Bonchev–Trinajstić information content (AvgIpc) is 2.66. The van der Waals surface area contributed by atoms with Crippen LogP contribution in [0.3, 0.4) is 0 Å². The molecule has 1 aromatic rings. The average molecular weight is 363 g/mol. The number of hydrogen-bond acceptors (Lipinski definition) is 3. The van der Waals surface area contributed by atoms with E-state index in [1.807, 2.05) is 6.07 Å². The highest BCUT2D eigenvalue weighted by molar-refractivity contribution is 5.50. The fourth-order valence-corrected chi connectivity index (χ4v) is 3.12. The molecule has 0 amide bonds. The second-order valence-corrected chi connectivity index (χ2v) is 6.96. The predicted octanol–water partition coefficient (Wildman–Crippen LogP) is 6.82.